The van der Waals surface area contributed by atoms with Gasteiger partial charge in [-0.2, -0.15) is 4.98 Å². The van der Waals surface area contributed by atoms with E-state index in [4.69, 9.17) is 16.3 Å². The van der Waals surface area contributed by atoms with E-state index >= 15 is 0 Å². The van der Waals surface area contributed by atoms with Gasteiger partial charge in [0, 0.05) is 25.3 Å². The van der Waals surface area contributed by atoms with Gasteiger partial charge in [0.1, 0.15) is 6.73 Å². The molecular weight excluding hydrogens is 358 g/mol. The number of aliphatic imine (C=N–C) groups is 1. The highest BCUT2D eigenvalue weighted by molar-refractivity contribution is 7.22. The number of thiazole rings is 1. The minimum Gasteiger partial charge on any atom is -0.449 e. The number of hydrogen-bond acceptors (Lipinski definition) is 6. The molecule has 132 valence electrons. The number of aromatic nitrogens is 2. The van der Waals surface area contributed by atoms with E-state index in [0.29, 0.717) is 34.1 Å². The Morgan fingerprint density at radius 3 is 2.96 bits per heavy atom. The fourth-order valence-corrected chi connectivity index (χ4v) is 4.32. The van der Waals surface area contributed by atoms with Crippen molar-refractivity contribution in [2.24, 2.45) is 10.9 Å². The van der Waals surface area contributed by atoms with Crippen molar-refractivity contribution in [1.82, 2.24) is 14.9 Å². The van der Waals surface area contributed by atoms with Crippen molar-refractivity contribution in [2.45, 2.75) is 25.3 Å². The van der Waals surface area contributed by atoms with Gasteiger partial charge in [-0.3, -0.25) is 10.2 Å². The van der Waals surface area contributed by atoms with Crippen LogP contribution in [0.3, 0.4) is 0 Å². The van der Waals surface area contributed by atoms with Crippen molar-refractivity contribution >= 4 is 44.4 Å². The van der Waals surface area contributed by atoms with Crippen LogP contribution in [0.25, 0.3) is 10.3 Å². The third-order valence-corrected chi connectivity index (χ3v) is 5.96. The van der Waals surface area contributed by atoms with Crippen LogP contribution in [-0.2, 0) is 4.74 Å². The maximum Gasteiger partial charge on any atom is 0.292 e. The van der Waals surface area contributed by atoms with E-state index in [1.54, 1.807) is 13.2 Å². The Morgan fingerprint density at radius 2 is 2.36 bits per heavy atom. The fraction of sp³-hybridized carbons (Fsp3) is 0.471. The Hall–Kier alpha value is -1.88. The molecule has 3 heterocycles. The number of terminal acetylenes is 1. The van der Waals surface area contributed by atoms with E-state index in [1.165, 1.54) is 24.2 Å². The molecule has 2 fully saturated rings. The highest BCUT2D eigenvalue weighted by atomic mass is 35.5. The van der Waals surface area contributed by atoms with Crippen LogP contribution in [0.4, 0.5) is 5.13 Å². The van der Waals surface area contributed by atoms with Crippen molar-refractivity contribution < 1.29 is 4.74 Å². The number of nitrogens with one attached hydrogen (secondary N) is 1. The summed E-state index contributed by atoms with van der Waals surface area (Å²) in [5, 5.41) is 4.43. The number of ether oxygens (including phenoxy) is 1. The average molecular weight is 378 g/mol. The Kier molecular flexibility index (Phi) is 5.13. The van der Waals surface area contributed by atoms with Crippen molar-refractivity contribution in [3.05, 3.63) is 17.3 Å². The quantitative estimate of drug-likeness (QED) is 0.504. The number of amidine groups is 1. The lowest BCUT2D eigenvalue weighted by Crippen LogP contribution is -2.52. The minimum atomic E-state index is 0.412. The Balaban J connectivity index is 0.000000880. The van der Waals surface area contributed by atoms with Gasteiger partial charge in [0.25, 0.3) is 6.02 Å². The molecule has 1 aliphatic carbocycles. The third-order valence-electron chi connectivity index (χ3n) is 4.85. The van der Waals surface area contributed by atoms with Gasteiger partial charge in [0.15, 0.2) is 10.8 Å². The molecule has 0 aromatic carbocycles. The zero-order chi connectivity index (χ0) is 18.0. The Labute approximate surface area is 156 Å². The molecule has 2 unspecified atom stereocenters. The lowest BCUT2D eigenvalue weighted by molar-refractivity contribution is -0.0144. The first kappa shape index (κ1) is 17.9. The van der Waals surface area contributed by atoms with Crippen LogP contribution in [0.1, 0.15) is 19.8 Å². The van der Waals surface area contributed by atoms with Crippen molar-refractivity contribution in [1.29, 1.82) is 0 Å². The first-order chi connectivity index (χ1) is 12.1. The maximum atomic E-state index is 5.95. The van der Waals surface area contributed by atoms with Crippen LogP contribution in [-0.4, -0.2) is 46.8 Å². The molecule has 0 amide bonds. The summed E-state index contributed by atoms with van der Waals surface area (Å²) in [6.45, 7) is 3.97. The molecule has 2 atom stereocenters. The van der Waals surface area contributed by atoms with Crippen LogP contribution in [0.15, 0.2) is 17.3 Å². The summed E-state index contributed by atoms with van der Waals surface area (Å²) in [6.07, 6.45) is 12.2. The highest BCUT2D eigenvalue weighted by Gasteiger charge is 2.60. The smallest absolute Gasteiger partial charge is 0.292 e. The zero-order valence-corrected chi connectivity index (χ0v) is 15.8. The number of anilines is 1. The van der Waals surface area contributed by atoms with E-state index in [9.17, 15) is 0 Å². The molecule has 2 aromatic heterocycles. The second-order valence-corrected chi connectivity index (χ2v) is 7.61. The molecule has 8 heteroatoms. The summed E-state index contributed by atoms with van der Waals surface area (Å²) < 4.78 is 6.76. The first-order valence-corrected chi connectivity index (χ1v) is 9.17. The molecular formula is C17H20ClN5OS. The van der Waals surface area contributed by atoms with E-state index in [2.05, 4.69) is 44.9 Å². The highest BCUT2D eigenvalue weighted by Crippen LogP contribution is 2.56. The van der Waals surface area contributed by atoms with Crippen LogP contribution in [0, 0.1) is 18.8 Å². The predicted molar refractivity (Wildman–Crippen MR) is 103 cm³/mol. The van der Waals surface area contributed by atoms with Crippen LogP contribution < -0.4 is 5.32 Å². The second kappa shape index (κ2) is 7.16. The second-order valence-electron chi connectivity index (χ2n) is 6.14. The standard InChI is InChI=1S/C15H18ClN5OS.C2H2/c1-9-6-15(9)3-4-21(15)8-22-13(17-2)20-14-19-12-11(23-14)5-10(16)7-18-12;1-2/h5,7,9H,3-4,6,8H2,1-2H3,(H,17,18,19,20);1-2H. The number of likely N-dealkylation sites (tertiary alicyclic amines) is 1. The van der Waals surface area contributed by atoms with Gasteiger partial charge in [0.2, 0.25) is 0 Å². The van der Waals surface area contributed by atoms with Gasteiger partial charge in [0.05, 0.1) is 9.72 Å². The van der Waals surface area contributed by atoms with Gasteiger partial charge in [-0.15, -0.1) is 12.8 Å². The number of fused-ring (bicyclic) bond motifs is 1. The molecule has 1 saturated heterocycles. The summed E-state index contributed by atoms with van der Waals surface area (Å²) >= 11 is 7.43. The molecule has 4 rings (SSSR count). The number of halogens is 1. The number of rotatable bonds is 3. The Bertz CT molecular complexity index is 816. The normalized spacial score (nSPS) is 25.2. The van der Waals surface area contributed by atoms with Crippen LogP contribution in [0.2, 0.25) is 5.02 Å². The molecule has 2 aliphatic rings. The summed E-state index contributed by atoms with van der Waals surface area (Å²) in [5.74, 6) is 0.787. The largest absolute Gasteiger partial charge is 0.449 e. The summed E-state index contributed by atoms with van der Waals surface area (Å²) in [5.41, 5.74) is 1.08. The maximum absolute atomic E-state index is 5.95. The molecule has 1 saturated carbocycles. The molecule has 1 aliphatic heterocycles. The third kappa shape index (κ3) is 3.43. The summed E-state index contributed by atoms with van der Waals surface area (Å²) in [6, 6.07) is 2.33. The van der Waals surface area contributed by atoms with Crippen LogP contribution >= 0.6 is 22.9 Å². The van der Waals surface area contributed by atoms with Crippen molar-refractivity contribution in [3.63, 3.8) is 0 Å². The number of nitrogens with zero attached hydrogens (tertiary/aromatic N) is 4. The fourth-order valence-electron chi connectivity index (χ4n) is 3.25. The molecule has 2 aromatic rings. The molecule has 0 bridgehead atoms. The van der Waals surface area contributed by atoms with Gasteiger partial charge in [-0.1, -0.05) is 29.9 Å². The zero-order valence-electron chi connectivity index (χ0n) is 14.2. The lowest BCUT2D eigenvalue weighted by Gasteiger charge is -2.42. The molecule has 6 nitrogen and oxygen atoms in total. The van der Waals surface area contributed by atoms with Gasteiger partial charge >= 0.3 is 0 Å². The van der Waals surface area contributed by atoms with Gasteiger partial charge in [-0.05, 0) is 24.8 Å². The SMILES string of the molecule is C#C.CN=C(Nc1nc2ncc(Cl)cc2s1)OCN1CCC12CC2C. The average Bonchev–Trinajstić information content (AvgIpc) is 3.16. The van der Waals surface area contributed by atoms with Gasteiger partial charge in [-0.25, -0.2) is 9.98 Å². The molecule has 0 radical (unpaired) electrons. The van der Waals surface area contributed by atoms with E-state index in [-0.39, 0.29) is 0 Å². The molecule has 1 N–H and O–H groups in total. The van der Waals surface area contributed by atoms with E-state index in [0.717, 1.165) is 17.2 Å². The molecule has 25 heavy (non-hydrogen) atoms. The first-order valence-electron chi connectivity index (χ1n) is 7.98. The lowest BCUT2D eigenvalue weighted by atomic mass is 9.99. The summed E-state index contributed by atoms with van der Waals surface area (Å²) in [7, 11) is 1.70. The minimum absolute atomic E-state index is 0.412. The topological polar surface area (TPSA) is 62.6 Å². The van der Waals surface area contributed by atoms with Gasteiger partial charge < -0.3 is 4.74 Å². The molecule has 1 spiro atoms. The monoisotopic (exact) mass is 377 g/mol. The van der Waals surface area contributed by atoms with Crippen LogP contribution in [0.5, 0.6) is 0 Å². The van der Waals surface area contributed by atoms with Crippen molar-refractivity contribution in [3.8, 4) is 12.8 Å². The number of hydrogen-bond donors (Lipinski definition) is 1. The van der Waals surface area contributed by atoms with E-state index in [1.807, 2.05) is 6.07 Å². The number of pyridine rings is 1. The van der Waals surface area contributed by atoms with Crippen molar-refractivity contribution in [2.75, 3.05) is 25.6 Å². The van der Waals surface area contributed by atoms with E-state index < -0.39 is 0 Å². The Morgan fingerprint density at radius 1 is 1.60 bits per heavy atom. The predicted octanol–water partition coefficient (Wildman–Crippen LogP) is 3.45. The summed E-state index contributed by atoms with van der Waals surface area (Å²) in [4.78, 5) is 15.2.